The van der Waals surface area contributed by atoms with Crippen molar-refractivity contribution in [3.05, 3.63) is 12.7 Å². The Morgan fingerprint density at radius 1 is 1.17 bits per heavy atom. The highest BCUT2D eigenvalue weighted by Crippen LogP contribution is 2.53. The summed E-state index contributed by atoms with van der Waals surface area (Å²) >= 11 is 0. The van der Waals surface area contributed by atoms with Gasteiger partial charge in [-0.15, -0.1) is 6.58 Å². The maximum absolute atomic E-state index is 3.82. The average Bonchev–Trinajstić information content (AvgIpc) is 2.02. The summed E-state index contributed by atoms with van der Waals surface area (Å²) < 4.78 is 0. The molecule has 0 unspecified atom stereocenters. The summed E-state index contributed by atoms with van der Waals surface area (Å²) in [5.41, 5.74) is 1.03. The fourth-order valence-electron chi connectivity index (χ4n) is 2.47. The zero-order valence-electron chi connectivity index (χ0n) is 8.98. The molecule has 1 aliphatic rings. The van der Waals surface area contributed by atoms with E-state index in [-0.39, 0.29) is 0 Å². The van der Waals surface area contributed by atoms with Crippen LogP contribution in [0.1, 0.15) is 27.7 Å². The van der Waals surface area contributed by atoms with Crippen molar-refractivity contribution in [2.75, 3.05) is 0 Å². The third-order valence-corrected chi connectivity index (χ3v) is 3.93. The summed E-state index contributed by atoms with van der Waals surface area (Å²) in [4.78, 5) is 0. The minimum Gasteiger partial charge on any atom is -0.104 e. The third kappa shape index (κ3) is 1.60. The van der Waals surface area contributed by atoms with Crippen molar-refractivity contribution in [1.82, 2.24) is 0 Å². The van der Waals surface area contributed by atoms with Crippen LogP contribution in [-0.2, 0) is 0 Å². The molecule has 0 aromatic heterocycles. The average molecular weight is 164 g/mol. The summed E-state index contributed by atoms with van der Waals surface area (Å²) in [7, 11) is 0. The largest absolute Gasteiger partial charge is 0.144 e. The molecule has 0 atom stereocenters. The summed E-state index contributed by atoms with van der Waals surface area (Å²) in [6, 6.07) is 0. The van der Waals surface area contributed by atoms with Gasteiger partial charge in [-0.05, 0) is 10.8 Å². The Bertz CT molecular complexity index is 163. The second-order valence-corrected chi connectivity index (χ2v) is 5.57. The van der Waals surface area contributed by atoms with Gasteiger partial charge in [0.15, 0.2) is 0 Å². The Labute approximate surface area is 77.5 Å². The van der Waals surface area contributed by atoms with Gasteiger partial charge >= 0.3 is 0 Å². The molecule has 1 heteroatoms. The van der Waals surface area contributed by atoms with Crippen LogP contribution in [0.15, 0.2) is 12.7 Å². The highest BCUT2D eigenvalue weighted by Gasteiger charge is 2.46. The fourth-order valence-corrected chi connectivity index (χ4v) is 2.47. The van der Waals surface area contributed by atoms with Gasteiger partial charge in [-0.2, -0.15) is 0 Å². The van der Waals surface area contributed by atoms with Crippen LogP contribution >= 0.6 is 0 Å². The fraction of sp³-hybridized carbons (Fsp3) is 0.818. The number of allylic oxidation sites excluding steroid dienone is 1. The molecule has 12 heavy (non-hydrogen) atoms. The first kappa shape index (κ1) is 9.89. The highest BCUT2D eigenvalue weighted by atomic mass is 14.4. The summed E-state index contributed by atoms with van der Waals surface area (Å²) in [5.74, 6) is 0. The van der Waals surface area contributed by atoms with E-state index in [1.54, 1.807) is 0 Å². The van der Waals surface area contributed by atoms with Gasteiger partial charge in [-0.3, -0.25) is 0 Å². The van der Waals surface area contributed by atoms with Crippen molar-refractivity contribution in [3.8, 4) is 0 Å². The normalized spacial score (nSPS) is 25.8. The number of hydrogen-bond donors (Lipinski definition) is 0. The van der Waals surface area contributed by atoms with E-state index < -0.39 is 0 Å². The lowest BCUT2D eigenvalue weighted by Gasteiger charge is -2.35. The van der Waals surface area contributed by atoms with Gasteiger partial charge in [0.25, 0.3) is 0 Å². The maximum atomic E-state index is 3.82. The first-order valence-electron chi connectivity index (χ1n) is 5.00. The molecular weight excluding hydrogens is 143 g/mol. The van der Waals surface area contributed by atoms with Crippen LogP contribution in [0.2, 0.25) is 19.0 Å². The van der Waals surface area contributed by atoms with Crippen molar-refractivity contribution in [1.29, 1.82) is 0 Å². The number of hydrogen-bond acceptors (Lipinski definition) is 0. The van der Waals surface area contributed by atoms with E-state index in [4.69, 9.17) is 0 Å². The van der Waals surface area contributed by atoms with Crippen LogP contribution in [0.5, 0.6) is 0 Å². The van der Waals surface area contributed by atoms with E-state index in [0.717, 1.165) is 6.71 Å². The lowest BCUT2D eigenvalue weighted by atomic mass is 9.44. The Hall–Kier alpha value is -0.195. The van der Waals surface area contributed by atoms with Gasteiger partial charge in [0.05, 0.1) is 0 Å². The molecule has 0 amide bonds. The van der Waals surface area contributed by atoms with Crippen LogP contribution in [0, 0.1) is 10.8 Å². The Morgan fingerprint density at radius 2 is 1.58 bits per heavy atom. The van der Waals surface area contributed by atoms with Crippen molar-refractivity contribution in [2.45, 2.75) is 46.7 Å². The predicted molar refractivity (Wildman–Crippen MR) is 57.9 cm³/mol. The lowest BCUT2D eigenvalue weighted by molar-refractivity contribution is 0.177. The Balaban J connectivity index is 2.67. The molecule has 0 spiro atoms. The molecule has 0 aliphatic carbocycles. The van der Waals surface area contributed by atoms with Crippen molar-refractivity contribution in [3.63, 3.8) is 0 Å². The van der Waals surface area contributed by atoms with Gasteiger partial charge in [0.1, 0.15) is 6.71 Å². The topological polar surface area (TPSA) is 0 Å². The smallest absolute Gasteiger partial charge is 0.104 e. The molecule has 1 saturated heterocycles. The predicted octanol–water partition coefficient (Wildman–Crippen LogP) is 3.73. The molecule has 0 N–H and O–H groups in total. The Kier molecular flexibility index (Phi) is 2.42. The first-order chi connectivity index (χ1) is 5.39. The summed E-state index contributed by atoms with van der Waals surface area (Å²) in [5, 5.41) is 0. The summed E-state index contributed by atoms with van der Waals surface area (Å²) in [6.45, 7) is 14.3. The number of rotatable bonds is 2. The molecule has 1 rings (SSSR count). The van der Waals surface area contributed by atoms with Crippen molar-refractivity contribution >= 4 is 6.71 Å². The second-order valence-electron chi connectivity index (χ2n) is 5.57. The van der Waals surface area contributed by atoms with E-state index in [1.807, 2.05) is 0 Å². The molecule has 1 heterocycles. The van der Waals surface area contributed by atoms with E-state index in [2.05, 4.69) is 40.3 Å². The van der Waals surface area contributed by atoms with Crippen LogP contribution in [0.3, 0.4) is 0 Å². The van der Waals surface area contributed by atoms with Gasteiger partial charge in [0.2, 0.25) is 0 Å². The van der Waals surface area contributed by atoms with Gasteiger partial charge in [-0.1, -0.05) is 52.7 Å². The SMILES string of the molecule is C=CCB1CC(C)(C)C(C)(C)C1. The monoisotopic (exact) mass is 164 g/mol. The van der Waals surface area contributed by atoms with E-state index in [1.165, 1.54) is 19.0 Å². The third-order valence-electron chi connectivity index (χ3n) is 3.93. The quantitative estimate of drug-likeness (QED) is 0.430. The molecule has 0 nitrogen and oxygen atoms in total. The molecular formula is C11H21B. The van der Waals surface area contributed by atoms with Gasteiger partial charge in [-0.25, -0.2) is 0 Å². The molecule has 0 aromatic rings. The van der Waals surface area contributed by atoms with E-state index >= 15 is 0 Å². The molecule has 0 saturated carbocycles. The van der Waals surface area contributed by atoms with Crippen LogP contribution in [-0.4, -0.2) is 6.71 Å². The second kappa shape index (κ2) is 2.94. The van der Waals surface area contributed by atoms with E-state index in [9.17, 15) is 0 Å². The maximum Gasteiger partial charge on any atom is 0.144 e. The van der Waals surface area contributed by atoms with Crippen LogP contribution < -0.4 is 0 Å². The molecule has 1 fully saturated rings. The standard InChI is InChI=1S/C11H21B/c1-6-7-12-8-10(2,3)11(4,5)9-12/h6H,1,7-9H2,2-5H3. The lowest BCUT2D eigenvalue weighted by Crippen LogP contribution is -2.24. The zero-order valence-corrected chi connectivity index (χ0v) is 8.98. The molecule has 0 bridgehead atoms. The Morgan fingerprint density at radius 3 is 1.92 bits per heavy atom. The van der Waals surface area contributed by atoms with Crippen molar-refractivity contribution < 1.29 is 0 Å². The van der Waals surface area contributed by atoms with Crippen LogP contribution in [0.25, 0.3) is 0 Å². The zero-order chi connectivity index (χ0) is 9.41. The molecule has 0 aromatic carbocycles. The van der Waals surface area contributed by atoms with E-state index in [0.29, 0.717) is 10.8 Å². The minimum absolute atomic E-state index is 0.515. The van der Waals surface area contributed by atoms with Gasteiger partial charge in [0, 0.05) is 0 Å². The summed E-state index contributed by atoms with van der Waals surface area (Å²) in [6.07, 6.45) is 6.01. The van der Waals surface area contributed by atoms with Gasteiger partial charge < -0.3 is 0 Å². The van der Waals surface area contributed by atoms with Crippen LogP contribution in [0.4, 0.5) is 0 Å². The van der Waals surface area contributed by atoms with Crippen molar-refractivity contribution in [2.24, 2.45) is 10.8 Å². The molecule has 68 valence electrons. The minimum atomic E-state index is 0.515. The molecule has 1 aliphatic heterocycles. The molecule has 0 radical (unpaired) electrons. The first-order valence-corrected chi connectivity index (χ1v) is 5.00. The highest BCUT2D eigenvalue weighted by molar-refractivity contribution is 6.60.